The Kier molecular flexibility index (Phi) is 3.74. The van der Waals surface area contributed by atoms with Crippen molar-refractivity contribution < 1.29 is 18.7 Å². The van der Waals surface area contributed by atoms with Gasteiger partial charge in [-0.3, -0.25) is 0 Å². The van der Waals surface area contributed by atoms with E-state index in [2.05, 4.69) is 0 Å². The minimum atomic E-state index is -0.535. The van der Waals surface area contributed by atoms with Crippen LogP contribution < -0.4 is 5.63 Å². The Morgan fingerprint density at radius 2 is 1.94 bits per heavy atom. The number of carbonyl (C=O) groups excluding carboxylic acids is 1. The first kappa shape index (κ1) is 12.3. The van der Waals surface area contributed by atoms with Crippen LogP contribution in [-0.2, 0) is 9.47 Å². The van der Waals surface area contributed by atoms with Gasteiger partial charge < -0.3 is 13.9 Å². The minimum Gasteiger partial charge on any atom is -0.460 e. The molecule has 0 aliphatic heterocycles. The molecular formula is C13H12O5. The lowest BCUT2D eigenvalue weighted by molar-refractivity contribution is 0.0388. The van der Waals surface area contributed by atoms with Crippen LogP contribution in [-0.4, -0.2) is 26.3 Å². The summed E-state index contributed by atoms with van der Waals surface area (Å²) in [6.07, 6.45) is 1.12. The summed E-state index contributed by atoms with van der Waals surface area (Å²) in [7, 11) is 1.52. The summed E-state index contributed by atoms with van der Waals surface area (Å²) in [6, 6.07) is 6.74. The number of hydrogen-bond donors (Lipinski definition) is 0. The van der Waals surface area contributed by atoms with Crippen LogP contribution in [0.25, 0.3) is 10.8 Å². The third-order valence-corrected chi connectivity index (χ3v) is 2.46. The fraction of sp³-hybridized carbons (Fsp3) is 0.231. The highest BCUT2D eigenvalue weighted by atomic mass is 16.6. The van der Waals surface area contributed by atoms with Gasteiger partial charge in [0.25, 0.3) is 0 Å². The molecule has 2 rings (SSSR count). The standard InChI is InChI=1S/C13H12O5/c1-16-6-7-17-13(15)11-8-18-12(14)10-5-3-2-4-9(10)11/h2-5,8H,6-7H2,1H3. The van der Waals surface area contributed by atoms with Crippen molar-refractivity contribution in [1.29, 1.82) is 0 Å². The molecule has 0 aliphatic rings. The van der Waals surface area contributed by atoms with E-state index in [1.165, 1.54) is 7.11 Å². The normalized spacial score (nSPS) is 10.5. The molecule has 18 heavy (non-hydrogen) atoms. The third-order valence-electron chi connectivity index (χ3n) is 2.46. The first-order valence-corrected chi connectivity index (χ1v) is 5.40. The SMILES string of the molecule is COCCOC(=O)c1coc(=O)c2ccccc12. The van der Waals surface area contributed by atoms with E-state index in [1.54, 1.807) is 24.3 Å². The summed E-state index contributed by atoms with van der Waals surface area (Å²) < 4.78 is 14.6. The molecule has 0 atom stereocenters. The number of methoxy groups -OCH3 is 1. The van der Waals surface area contributed by atoms with Crippen LogP contribution >= 0.6 is 0 Å². The molecule has 0 saturated carbocycles. The van der Waals surface area contributed by atoms with E-state index in [9.17, 15) is 9.59 Å². The fourth-order valence-electron chi connectivity index (χ4n) is 1.59. The number of benzene rings is 1. The number of carbonyl (C=O) groups is 1. The molecule has 0 saturated heterocycles. The van der Waals surface area contributed by atoms with Crippen LogP contribution in [0.1, 0.15) is 10.4 Å². The summed E-state index contributed by atoms with van der Waals surface area (Å²) in [5, 5.41) is 0.884. The van der Waals surface area contributed by atoms with Crippen LogP contribution in [0.4, 0.5) is 0 Å². The van der Waals surface area contributed by atoms with E-state index in [-0.39, 0.29) is 12.2 Å². The summed E-state index contributed by atoms with van der Waals surface area (Å²) in [5.41, 5.74) is -0.236. The number of fused-ring (bicyclic) bond motifs is 1. The molecule has 0 bridgehead atoms. The molecule has 0 amide bonds. The summed E-state index contributed by atoms with van der Waals surface area (Å²) in [5.74, 6) is -0.535. The van der Waals surface area contributed by atoms with Crippen molar-refractivity contribution in [2.24, 2.45) is 0 Å². The Labute approximate surface area is 103 Å². The lowest BCUT2D eigenvalue weighted by Crippen LogP contribution is -2.12. The predicted molar refractivity (Wildman–Crippen MR) is 64.6 cm³/mol. The van der Waals surface area contributed by atoms with Crippen LogP contribution in [0.15, 0.2) is 39.7 Å². The van der Waals surface area contributed by atoms with Gasteiger partial charge in [-0.05, 0) is 6.07 Å². The molecule has 1 heterocycles. The Hall–Kier alpha value is -2.14. The van der Waals surface area contributed by atoms with E-state index in [0.717, 1.165) is 6.26 Å². The van der Waals surface area contributed by atoms with Crippen molar-refractivity contribution in [3.8, 4) is 0 Å². The molecule has 0 radical (unpaired) electrons. The second-order valence-electron chi connectivity index (χ2n) is 3.61. The van der Waals surface area contributed by atoms with E-state index in [1.807, 2.05) is 0 Å². The first-order valence-electron chi connectivity index (χ1n) is 5.40. The fourth-order valence-corrected chi connectivity index (χ4v) is 1.59. The van der Waals surface area contributed by atoms with Crippen molar-refractivity contribution >= 4 is 16.7 Å². The molecule has 94 valence electrons. The van der Waals surface area contributed by atoms with Crippen LogP contribution in [0.2, 0.25) is 0 Å². The molecule has 5 heteroatoms. The van der Waals surface area contributed by atoms with Gasteiger partial charge in [-0.1, -0.05) is 18.2 Å². The van der Waals surface area contributed by atoms with E-state index in [4.69, 9.17) is 13.9 Å². The highest BCUT2D eigenvalue weighted by Gasteiger charge is 2.14. The van der Waals surface area contributed by atoms with Gasteiger partial charge >= 0.3 is 11.6 Å². The van der Waals surface area contributed by atoms with Gasteiger partial charge in [0.1, 0.15) is 18.4 Å². The van der Waals surface area contributed by atoms with Crippen molar-refractivity contribution in [2.45, 2.75) is 0 Å². The average molecular weight is 248 g/mol. The van der Waals surface area contributed by atoms with Gasteiger partial charge in [-0.2, -0.15) is 0 Å². The highest BCUT2D eigenvalue weighted by Crippen LogP contribution is 2.16. The summed E-state index contributed by atoms with van der Waals surface area (Å²) in [4.78, 5) is 23.3. The molecule has 5 nitrogen and oxygen atoms in total. The lowest BCUT2D eigenvalue weighted by Gasteiger charge is -2.05. The maximum Gasteiger partial charge on any atom is 0.343 e. The van der Waals surface area contributed by atoms with Crippen LogP contribution in [0, 0.1) is 0 Å². The van der Waals surface area contributed by atoms with Crippen LogP contribution in [0.3, 0.4) is 0 Å². The average Bonchev–Trinajstić information content (AvgIpc) is 2.39. The number of rotatable bonds is 4. The van der Waals surface area contributed by atoms with Crippen LogP contribution in [0.5, 0.6) is 0 Å². The Balaban J connectivity index is 2.36. The number of ether oxygens (including phenoxy) is 2. The first-order chi connectivity index (χ1) is 8.74. The van der Waals surface area contributed by atoms with Gasteiger partial charge in [0.05, 0.1) is 12.0 Å². The van der Waals surface area contributed by atoms with Crippen molar-refractivity contribution in [2.75, 3.05) is 20.3 Å². The number of hydrogen-bond acceptors (Lipinski definition) is 5. The van der Waals surface area contributed by atoms with Crippen molar-refractivity contribution in [3.63, 3.8) is 0 Å². The van der Waals surface area contributed by atoms with E-state index >= 15 is 0 Å². The van der Waals surface area contributed by atoms with Gasteiger partial charge in [0.15, 0.2) is 0 Å². The highest BCUT2D eigenvalue weighted by molar-refractivity contribution is 6.03. The zero-order valence-corrected chi connectivity index (χ0v) is 9.84. The largest absolute Gasteiger partial charge is 0.460 e. The van der Waals surface area contributed by atoms with Gasteiger partial charge in [-0.15, -0.1) is 0 Å². The van der Waals surface area contributed by atoms with Gasteiger partial charge in [0.2, 0.25) is 0 Å². The molecule has 0 unspecified atom stereocenters. The Bertz CT molecular complexity index is 614. The quantitative estimate of drug-likeness (QED) is 0.607. The zero-order valence-electron chi connectivity index (χ0n) is 9.84. The van der Waals surface area contributed by atoms with E-state index in [0.29, 0.717) is 17.4 Å². The minimum absolute atomic E-state index is 0.156. The molecule has 0 fully saturated rings. The second kappa shape index (κ2) is 5.46. The smallest absolute Gasteiger partial charge is 0.343 e. The van der Waals surface area contributed by atoms with Crippen molar-refractivity contribution in [1.82, 2.24) is 0 Å². The Morgan fingerprint density at radius 3 is 2.67 bits per heavy atom. The molecule has 0 spiro atoms. The topological polar surface area (TPSA) is 65.7 Å². The van der Waals surface area contributed by atoms with Gasteiger partial charge in [0, 0.05) is 12.5 Å². The molecule has 0 N–H and O–H groups in total. The zero-order chi connectivity index (χ0) is 13.0. The monoisotopic (exact) mass is 248 g/mol. The van der Waals surface area contributed by atoms with Crippen molar-refractivity contribution in [3.05, 3.63) is 46.5 Å². The molecular weight excluding hydrogens is 236 g/mol. The lowest BCUT2D eigenvalue weighted by atomic mass is 10.1. The summed E-state index contributed by atoms with van der Waals surface area (Å²) >= 11 is 0. The number of esters is 1. The maximum atomic E-state index is 11.8. The molecule has 2 aromatic rings. The molecule has 0 aliphatic carbocycles. The van der Waals surface area contributed by atoms with Gasteiger partial charge in [-0.25, -0.2) is 9.59 Å². The maximum absolute atomic E-state index is 11.8. The predicted octanol–water partition coefficient (Wildman–Crippen LogP) is 1.60. The molecule has 1 aromatic carbocycles. The second-order valence-corrected chi connectivity index (χ2v) is 3.61. The molecule has 1 aromatic heterocycles. The Morgan fingerprint density at radius 1 is 1.22 bits per heavy atom. The van der Waals surface area contributed by atoms with E-state index < -0.39 is 11.6 Å². The third kappa shape index (κ3) is 2.41. The summed E-state index contributed by atoms with van der Waals surface area (Å²) in [6.45, 7) is 0.475.